The highest BCUT2D eigenvalue weighted by atomic mass is 32.1. The van der Waals surface area contributed by atoms with Crippen molar-refractivity contribution in [1.82, 2.24) is 29.7 Å². The highest BCUT2D eigenvalue weighted by Crippen LogP contribution is 2.24. The van der Waals surface area contributed by atoms with Crippen LogP contribution in [0.2, 0.25) is 0 Å². The van der Waals surface area contributed by atoms with Gasteiger partial charge < -0.3 is 9.64 Å². The summed E-state index contributed by atoms with van der Waals surface area (Å²) in [7, 11) is 0. The number of rotatable bonds is 2. The van der Waals surface area contributed by atoms with Crippen LogP contribution in [0.4, 0.5) is 0 Å². The zero-order chi connectivity index (χ0) is 15.7. The van der Waals surface area contributed by atoms with Crippen LogP contribution >= 0.6 is 11.5 Å². The Morgan fingerprint density at radius 2 is 2.32 bits per heavy atom. The lowest BCUT2D eigenvalue weighted by molar-refractivity contribution is -0.0265. The number of aromatic nitrogens is 5. The summed E-state index contributed by atoms with van der Waals surface area (Å²) in [5.74, 6) is 1.32. The van der Waals surface area contributed by atoms with E-state index in [9.17, 15) is 4.79 Å². The summed E-state index contributed by atoms with van der Waals surface area (Å²) in [4.78, 5) is 19.1. The van der Waals surface area contributed by atoms with Crippen molar-refractivity contribution in [2.75, 3.05) is 19.7 Å². The highest BCUT2D eigenvalue weighted by Gasteiger charge is 2.30. The van der Waals surface area contributed by atoms with Crippen molar-refractivity contribution in [2.24, 2.45) is 0 Å². The van der Waals surface area contributed by atoms with Gasteiger partial charge in [0.2, 0.25) is 0 Å². The molecule has 0 spiro atoms. The van der Waals surface area contributed by atoms with Gasteiger partial charge in [0.25, 0.3) is 5.91 Å². The Morgan fingerprint density at radius 1 is 1.50 bits per heavy atom. The number of amides is 1. The van der Waals surface area contributed by atoms with E-state index < -0.39 is 0 Å². The maximum atomic E-state index is 12.4. The summed E-state index contributed by atoms with van der Waals surface area (Å²) in [6.07, 6.45) is 1.20. The lowest BCUT2D eigenvalue weighted by Crippen LogP contribution is -2.42. The number of aromatic amines is 1. The molecule has 2 aromatic heterocycles. The van der Waals surface area contributed by atoms with Gasteiger partial charge in [-0.25, -0.2) is 4.98 Å². The van der Waals surface area contributed by atoms with Crippen molar-refractivity contribution in [3.63, 3.8) is 0 Å². The summed E-state index contributed by atoms with van der Waals surface area (Å²) in [5, 5.41) is 10.9. The molecule has 1 fully saturated rings. The maximum absolute atomic E-state index is 12.4. The normalized spacial score (nSPS) is 19.4. The molecule has 1 atom stereocenters. The summed E-state index contributed by atoms with van der Waals surface area (Å²) in [6, 6.07) is 0. The Kier molecular flexibility index (Phi) is 3.92. The van der Waals surface area contributed by atoms with E-state index in [1.54, 1.807) is 4.90 Å². The minimum absolute atomic E-state index is 0.0705. The number of hydrogen-bond donors (Lipinski definition) is 1. The van der Waals surface area contributed by atoms with Gasteiger partial charge >= 0.3 is 0 Å². The van der Waals surface area contributed by atoms with E-state index in [2.05, 4.69) is 24.8 Å². The van der Waals surface area contributed by atoms with Crippen molar-refractivity contribution >= 4 is 17.4 Å². The SMILES string of the molecule is CC(C)(C)c1n[nH]c(C2CN(C(=O)c3cnns3)CCO2)n1. The van der Waals surface area contributed by atoms with E-state index in [4.69, 9.17) is 4.74 Å². The molecule has 3 heterocycles. The molecule has 0 aliphatic carbocycles. The van der Waals surface area contributed by atoms with Gasteiger partial charge in [-0.3, -0.25) is 9.89 Å². The number of morpholine rings is 1. The highest BCUT2D eigenvalue weighted by molar-refractivity contribution is 7.07. The largest absolute Gasteiger partial charge is 0.367 e. The van der Waals surface area contributed by atoms with Crippen LogP contribution in [0.25, 0.3) is 0 Å². The predicted octanol–water partition coefficient (Wildman–Crippen LogP) is 1.17. The van der Waals surface area contributed by atoms with Gasteiger partial charge in [0.15, 0.2) is 11.6 Å². The first-order valence-electron chi connectivity index (χ1n) is 7.06. The van der Waals surface area contributed by atoms with E-state index in [1.807, 2.05) is 20.8 Å². The number of H-pyrrole nitrogens is 1. The molecule has 8 nitrogen and oxygen atoms in total. The fourth-order valence-electron chi connectivity index (χ4n) is 2.17. The van der Waals surface area contributed by atoms with E-state index in [-0.39, 0.29) is 17.4 Å². The van der Waals surface area contributed by atoms with Crippen LogP contribution in [-0.2, 0) is 10.2 Å². The van der Waals surface area contributed by atoms with Gasteiger partial charge in [0.05, 0.1) is 19.3 Å². The molecule has 0 bridgehead atoms. The maximum Gasteiger partial charge on any atom is 0.267 e. The van der Waals surface area contributed by atoms with E-state index in [0.29, 0.717) is 30.4 Å². The first-order chi connectivity index (χ1) is 10.4. The van der Waals surface area contributed by atoms with Crippen LogP contribution in [0, 0.1) is 0 Å². The predicted molar refractivity (Wildman–Crippen MR) is 79.6 cm³/mol. The molecule has 9 heteroatoms. The summed E-state index contributed by atoms with van der Waals surface area (Å²) in [6.45, 7) is 7.61. The third-order valence-corrected chi connectivity index (χ3v) is 4.06. The van der Waals surface area contributed by atoms with Gasteiger partial charge in [0.1, 0.15) is 11.0 Å². The zero-order valence-corrected chi connectivity index (χ0v) is 13.6. The van der Waals surface area contributed by atoms with Gasteiger partial charge in [-0.1, -0.05) is 25.3 Å². The minimum atomic E-state index is -0.290. The number of nitrogens with zero attached hydrogens (tertiary/aromatic N) is 5. The Bertz CT molecular complexity index is 648. The molecule has 1 amide bonds. The average molecular weight is 322 g/mol. The standard InChI is InChI=1S/C13H18N6O2S/c1-13(2,3)12-15-10(16-17-12)8-7-19(4-5-21-8)11(20)9-6-14-18-22-9/h6,8H,4-5,7H2,1-3H3,(H,15,16,17). The second-order valence-electron chi connectivity index (χ2n) is 6.19. The lowest BCUT2D eigenvalue weighted by Gasteiger charge is -2.31. The van der Waals surface area contributed by atoms with Gasteiger partial charge in [0, 0.05) is 12.0 Å². The molecule has 0 radical (unpaired) electrons. The van der Waals surface area contributed by atoms with Gasteiger partial charge in [-0.2, -0.15) is 5.10 Å². The molecule has 0 saturated carbocycles. The van der Waals surface area contributed by atoms with E-state index in [1.165, 1.54) is 6.20 Å². The molecule has 3 rings (SSSR count). The van der Waals surface area contributed by atoms with Crippen LogP contribution in [0.15, 0.2) is 6.20 Å². The molecule has 1 saturated heterocycles. The molecule has 1 aliphatic rings. The molecule has 1 N–H and O–H groups in total. The molecule has 0 aromatic carbocycles. The second-order valence-corrected chi connectivity index (χ2v) is 6.97. The van der Waals surface area contributed by atoms with Crippen molar-refractivity contribution < 1.29 is 9.53 Å². The van der Waals surface area contributed by atoms with E-state index >= 15 is 0 Å². The first kappa shape index (κ1) is 15.0. The zero-order valence-electron chi connectivity index (χ0n) is 12.7. The fraction of sp³-hybridized carbons (Fsp3) is 0.615. The van der Waals surface area contributed by atoms with Crippen LogP contribution in [0.5, 0.6) is 0 Å². The van der Waals surface area contributed by atoms with Gasteiger partial charge in [-0.15, -0.1) is 5.10 Å². The van der Waals surface area contributed by atoms with Crippen LogP contribution in [-0.4, -0.2) is 55.3 Å². The van der Waals surface area contributed by atoms with Crippen molar-refractivity contribution in [2.45, 2.75) is 32.3 Å². The number of carbonyl (C=O) groups is 1. The molecule has 118 valence electrons. The average Bonchev–Trinajstić information content (AvgIpc) is 3.17. The molecular formula is C13H18N6O2S. The quantitative estimate of drug-likeness (QED) is 0.891. The minimum Gasteiger partial charge on any atom is -0.367 e. The molecular weight excluding hydrogens is 304 g/mol. The fourth-order valence-corrected chi connectivity index (χ4v) is 2.65. The molecule has 1 unspecified atom stereocenters. The second kappa shape index (κ2) is 5.73. The smallest absolute Gasteiger partial charge is 0.267 e. The topological polar surface area (TPSA) is 96.9 Å². The Balaban J connectivity index is 1.73. The Hall–Kier alpha value is -1.87. The molecule has 1 aliphatic heterocycles. The van der Waals surface area contributed by atoms with E-state index in [0.717, 1.165) is 17.4 Å². The number of ether oxygens (including phenoxy) is 1. The van der Waals surface area contributed by atoms with Gasteiger partial charge in [-0.05, 0) is 11.5 Å². The van der Waals surface area contributed by atoms with Crippen molar-refractivity contribution in [3.8, 4) is 0 Å². The third kappa shape index (κ3) is 3.00. The van der Waals surface area contributed by atoms with Crippen LogP contribution in [0.3, 0.4) is 0 Å². The Morgan fingerprint density at radius 3 is 2.95 bits per heavy atom. The summed E-state index contributed by atoms with van der Waals surface area (Å²) < 4.78 is 9.46. The van der Waals surface area contributed by atoms with Crippen molar-refractivity contribution in [1.29, 1.82) is 0 Å². The summed E-state index contributed by atoms with van der Waals surface area (Å²) >= 11 is 1.10. The Labute approximate surface area is 132 Å². The number of carbonyl (C=O) groups excluding carboxylic acids is 1. The van der Waals surface area contributed by atoms with Crippen LogP contribution in [0.1, 0.15) is 48.2 Å². The first-order valence-corrected chi connectivity index (χ1v) is 7.83. The molecule has 22 heavy (non-hydrogen) atoms. The lowest BCUT2D eigenvalue weighted by atomic mass is 9.96. The van der Waals surface area contributed by atoms with Crippen molar-refractivity contribution in [3.05, 3.63) is 22.7 Å². The number of nitrogens with one attached hydrogen (secondary N) is 1. The van der Waals surface area contributed by atoms with Crippen LogP contribution < -0.4 is 0 Å². The monoisotopic (exact) mass is 322 g/mol. The third-order valence-electron chi connectivity index (χ3n) is 3.40. The molecule has 2 aromatic rings. The summed E-state index contributed by atoms with van der Waals surface area (Å²) in [5.41, 5.74) is -0.132. The number of hydrogen-bond acceptors (Lipinski definition) is 7.